The smallest absolute Gasteiger partial charge is 0.251 e. The molecule has 2 aromatic carbocycles. The molecule has 0 aliphatic rings. The van der Waals surface area contributed by atoms with Crippen LogP contribution in [-0.4, -0.2) is 18.4 Å². The van der Waals surface area contributed by atoms with Crippen LogP contribution in [0, 0.1) is 6.92 Å². The lowest BCUT2D eigenvalue weighted by Crippen LogP contribution is -2.32. The van der Waals surface area contributed by atoms with Crippen LogP contribution in [0.4, 0.5) is 5.69 Å². The van der Waals surface area contributed by atoms with Crippen molar-refractivity contribution in [1.82, 2.24) is 5.32 Å². The number of anilines is 1. The predicted molar refractivity (Wildman–Crippen MR) is 102 cm³/mol. The average molecular weight is 359 g/mol. The number of carbonyl (C=O) groups is 2. The van der Waals surface area contributed by atoms with Crippen molar-refractivity contribution in [2.75, 3.05) is 11.9 Å². The minimum Gasteiger partial charge on any atom is -0.343 e. The fourth-order valence-corrected chi connectivity index (χ4v) is 2.44. The number of aryl methyl sites for hydroxylation is 1. The normalized spacial score (nSPS) is 11.1. The third kappa shape index (κ3) is 5.33. The molecule has 25 heavy (non-hydrogen) atoms. The Kier molecular flexibility index (Phi) is 5.85. The second-order valence-electron chi connectivity index (χ2n) is 7.02. The first-order valence-electron chi connectivity index (χ1n) is 8.11. The summed E-state index contributed by atoms with van der Waals surface area (Å²) in [5.41, 5.74) is 3.25. The molecule has 0 atom stereocenters. The molecule has 4 nitrogen and oxygen atoms in total. The van der Waals surface area contributed by atoms with Gasteiger partial charge in [0.25, 0.3) is 5.91 Å². The number of hydrogen-bond acceptors (Lipinski definition) is 2. The summed E-state index contributed by atoms with van der Waals surface area (Å²) < 4.78 is 0. The Hall–Kier alpha value is -2.33. The maximum atomic E-state index is 12.1. The lowest BCUT2D eigenvalue weighted by atomic mass is 9.87. The number of carbonyl (C=O) groups excluding carboxylic acids is 2. The molecule has 0 radical (unpaired) electrons. The molecule has 2 amide bonds. The SMILES string of the molecule is Cc1ccc(NC(=O)CNC(=O)c2ccc(C(C)(C)C)cc2)cc1Cl. The molecule has 2 rings (SSSR count). The van der Waals surface area contributed by atoms with Crippen molar-refractivity contribution in [2.24, 2.45) is 0 Å². The molecule has 0 aliphatic carbocycles. The number of amides is 2. The van der Waals surface area contributed by atoms with E-state index >= 15 is 0 Å². The van der Waals surface area contributed by atoms with Crippen LogP contribution in [0.25, 0.3) is 0 Å². The van der Waals surface area contributed by atoms with Gasteiger partial charge in [0, 0.05) is 16.3 Å². The fraction of sp³-hybridized carbons (Fsp3) is 0.300. The second kappa shape index (κ2) is 7.70. The minimum atomic E-state index is -0.306. The first kappa shape index (κ1) is 19.0. The van der Waals surface area contributed by atoms with Crippen LogP contribution < -0.4 is 10.6 Å². The summed E-state index contributed by atoms with van der Waals surface area (Å²) in [5.74, 6) is -0.586. The molecule has 0 fully saturated rings. The highest BCUT2D eigenvalue weighted by Crippen LogP contribution is 2.22. The van der Waals surface area contributed by atoms with E-state index in [1.807, 2.05) is 25.1 Å². The van der Waals surface area contributed by atoms with E-state index in [-0.39, 0.29) is 23.8 Å². The van der Waals surface area contributed by atoms with Crippen LogP contribution in [0.15, 0.2) is 42.5 Å². The Morgan fingerprint density at radius 1 is 1.04 bits per heavy atom. The van der Waals surface area contributed by atoms with Crippen molar-refractivity contribution in [3.8, 4) is 0 Å². The first-order valence-corrected chi connectivity index (χ1v) is 8.49. The maximum Gasteiger partial charge on any atom is 0.251 e. The largest absolute Gasteiger partial charge is 0.343 e. The Labute approximate surface area is 153 Å². The van der Waals surface area contributed by atoms with Crippen molar-refractivity contribution in [3.63, 3.8) is 0 Å². The van der Waals surface area contributed by atoms with Gasteiger partial charge >= 0.3 is 0 Å². The highest BCUT2D eigenvalue weighted by Gasteiger charge is 2.14. The lowest BCUT2D eigenvalue weighted by Gasteiger charge is -2.19. The van der Waals surface area contributed by atoms with Gasteiger partial charge in [-0.25, -0.2) is 0 Å². The standard InChI is InChI=1S/C20H23ClN2O2/c1-13-5-10-16(11-17(13)21)23-18(24)12-22-19(25)14-6-8-15(9-7-14)20(2,3)4/h5-11H,12H2,1-4H3,(H,22,25)(H,23,24). The summed E-state index contributed by atoms with van der Waals surface area (Å²) in [7, 11) is 0. The van der Waals surface area contributed by atoms with E-state index in [1.165, 1.54) is 0 Å². The van der Waals surface area contributed by atoms with Gasteiger partial charge in [-0.3, -0.25) is 9.59 Å². The van der Waals surface area contributed by atoms with Crippen molar-refractivity contribution >= 4 is 29.1 Å². The van der Waals surface area contributed by atoms with Crippen molar-refractivity contribution < 1.29 is 9.59 Å². The lowest BCUT2D eigenvalue weighted by molar-refractivity contribution is -0.115. The first-order chi connectivity index (χ1) is 11.7. The zero-order valence-electron chi connectivity index (χ0n) is 14.9. The van der Waals surface area contributed by atoms with Gasteiger partial charge in [-0.1, -0.05) is 50.6 Å². The Morgan fingerprint density at radius 2 is 1.68 bits per heavy atom. The topological polar surface area (TPSA) is 58.2 Å². The second-order valence-corrected chi connectivity index (χ2v) is 7.43. The Bertz CT molecular complexity index is 777. The van der Waals surface area contributed by atoms with E-state index in [9.17, 15) is 9.59 Å². The van der Waals surface area contributed by atoms with E-state index in [0.29, 0.717) is 16.3 Å². The molecular weight excluding hydrogens is 336 g/mol. The highest BCUT2D eigenvalue weighted by atomic mass is 35.5. The van der Waals surface area contributed by atoms with E-state index < -0.39 is 0 Å². The monoisotopic (exact) mass is 358 g/mol. The van der Waals surface area contributed by atoms with Gasteiger partial charge in [0.05, 0.1) is 6.54 Å². The summed E-state index contributed by atoms with van der Waals surface area (Å²) in [6.07, 6.45) is 0. The summed E-state index contributed by atoms with van der Waals surface area (Å²) >= 11 is 6.03. The molecular formula is C20H23ClN2O2. The van der Waals surface area contributed by atoms with Gasteiger partial charge < -0.3 is 10.6 Å². The van der Waals surface area contributed by atoms with E-state index in [4.69, 9.17) is 11.6 Å². The number of rotatable bonds is 4. The van der Waals surface area contributed by atoms with Crippen LogP contribution in [0.1, 0.15) is 42.3 Å². The summed E-state index contributed by atoms with van der Waals surface area (Å²) in [6.45, 7) is 8.13. The third-order valence-electron chi connectivity index (χ3n) is 3.88. The van der Waals surface area contributed by atoms with Gasteiger partial charge in [-0.05, 0) is 47.7 Å². The average Bonchev–Trinajstić information content (AvgIpc) is 2.55. The van der Waals surface area contributed by atoms with E-state index in [0.717, 1.165) is 11.1 Å². The molecule has 0 spiro atoms. The molecule has 0 heterocycles. The van der Waals surface area contributed by atoms with Gasteiger partial charge in [0.2, 0.25) is 5.91 Å². The van der Waals surface area contributed by atoms with Gasteiger partial charge in [-0.15, -0.1) is 0 Å². The summed E-state index contributed by atoms with van der Waals surface area (Å²) in [5, 5.41) is 5.91. The molecule has 0 unspecified atom stereocenters. The fourth-order valence-electron chi connectivity index (χ4n) is 2.26. The molecule has 2 N–H and O–H groups in total. The molecule has 132 valence electrons. The van der Waals surface area contributed by atoms with E-state index in [1.54, 1.807) is 24.3 Å². The Balaban J connectivity index is 1.90. The van der Waals surface area contributed by atoms with Crippen molar-refractivity contribution in [2.45, 2.75) is 33.1 Å². The molecule has 0 saturated heterocycles. The molecule has 5 heteroatoms. The summed E-state index contributed by atoms with van der Waals surface area (Å²) in [6, 6.07) is 12.7. The maximum absolute atomic E-state index is 12.1. The Morgan fingerprint density at radius 3 is 2.24 bits per heavy atom. The van der Waals surface area contributed by atoms with Gasteiger partial charge in [-0.2, -0.15) is 0 Å². The van der Waals surface area contributed by atoms with Crippen molar-refractivity contribution in [3.05, 3.63) is 64.2 Å². The number of benzene rings is 2. The molecule has 0 saturated carbocycles. The van der Waals surface area contributed by atoms with Crippen LogP contribution >= 0.6 is 11.6 Å². The quantitative estimate of drug-likeness (QED) is 0.855. The van der Waals surface area contributed by atoms with E-state index in [2.05, 4.69) is 31.4 Å². The predicted octanol–water partition coefficient (Wildman–Crippen LogP) is 4.31. The van der Waals surface area contributed by atoms with Crippen LogP contribution in [0.3, 0.4) is 0 Å². The zero-order chi connectivity index (χ0) is 18.6. The number of nitrogens with one attached hydrogen (secondary N) is 2. The van der Waals surface area contributed by atoms with Gasteiger partial charge in [0.15, 0.2) is 0 Å². The molecule has 2 aromatic rings. The van der Waals surface area contributed by atoms with Crippen LogP contribution in [0.2, 0.25) is 5.02 Å². The molecule has 0 aliphatic heterocycles. The molecule has 0 bridgehead atoms. The minimum absolute atomic E-state index is 0.0319. The van der Waals surface area contributed by atoms with Crippen LogP contribution in [-0.2, 0) is 10.2 Å². The number of halogens is 1. The third-order valence-corrected chi connectivity index (χ3v) is 4.29. The van der Waals surface area contributed by atoms with Crippen LogP contribution in [0.5, 0.6) is 0 Å². The summed E-state index contributed by atoms with van der Waals surface area (Å²) in [4.78, 5) is 24.1. The zero-order valence-corrected chi connectivity index (χ0v) is 15.7. The number of hydrogen-bond donors (Lipinski definition) is 2. The molecule has 0 aromatic heterocycles. The van der Waals surface area contributed by atoms with Gasteiger partial charge in [0.1, 0.15) is 0 Å². The van der Waals surface area contributed by atoms with Crippen molar-refractivity contribution in [1.29, 1.82) is 0 Å². The highest BCUT2D eigenvalue weighted by molar-refractivity contribution is 6.31.